The highest BCUT2D eigenvalue weighted by molar-refractivity contribution is 5.92. The number of nitrogens with one attached hydrogen (secondary N) is 2. The summed E-state index contributed by atoms with van der Waals surface area (Å²) in [6.07, 6.45) is 6.94. The molecular weight excluding hydrogens is 302 g/mol. The van der Waals surface area contributed by atoms with Crippen LogP contribution in [0.15, 0.2) is 67.3 Å². The van der Waals surface area contributed by atoms with E-state index in [-0.39, 0.29) is 5.91 Å². The predicted octanol–water partition coefficient (Wildman–Crippen LogP) is 2.41. The van der Waals surface area contributed by atoms with Gasteiger partial charge in [0.25, 0.3) is 5.91 Å². The van der Waals surface area contributed by atoms with Crippen LogP contribution in [0.3, 0.4) is 0 Å². The van der Waals surface area contributed by atoms with Gasteiger partial charge in [0.15, 0.2) is 0 Å². The molecule has 3 aromatic heterocycles. The van der Waals surface area contributed by atoms with Gasteiger partial charge in [-0.3, -0.25) is 14.8 Å². The molecule has 120 valence electrons. The number of hydrogen-bond donors (Lipinski definition) is 2. The molecule has 6 nitrogen and oxygen atoms in total. The summed E-state index contributed by atoms with van der Waals surface area (Å²) < 4.78 is 0. The van der Waals surface area contributed by atoms with Gasteiger partial charge in [-0.2, -0.15) is 0 Å². The molecule has 3 aromatic rings. The molecule has 3 heterocycles. The molecule has 24 heavy (non-hydrogen) atoms. The average Bonchev–Trinajstić information content (AvgIpc) is 2.66. The van der Waals surface area contributed by atoms with Crippen LogP contribution in [0, 0.1) is 0 Å². The van der Waals surface area contributed by atoms with Crippen molar-refractivity contribution >= 4 is 11.7 Å². The summed E-state index contributed by atoms with van der Waals surface area (Å²) in [6, 6.07) is 12.9. The molecule has 0 bridgehead atoms. The van der Waals surface area contributed by atoms with Gasteiger partial charge < -0.3 is 10.6 Å². The molecule has 0 spiro atoms. The summed E-state index contributed by atoms with van der Waals surface area (Å²) in [7, 11) is 0. The van der Waals surface area contributed by atoms with E-state index in [1.807, 2.05) is 30.3 Å². The van der Waals surface area contributed by atoms with E-state index in [0.29, 0.717) is 24.6 Å². The van der Waals surface area contributed by atoms with Gasteiger partial charge in [-0.05, 0) is 35.4 Å². The SMILES string of the molecule is O=C(NCc1cccnc1)c1cccc(NCc2cccnc2)n1. The van der Waals surface area contributed by atoms with Gasteiger partial charge in [0.2, 0.25) is 0 Å². The standard InChI is InChI=1S/C18H17N5O/c24-18(22-13-15-5-3-9-20-11-15)16-6-1-7-17(23-16)21-12-14-4-2-8-19-10-14/h1-11H,12-13H2,(H,21,23)(H,22,24). The zero-order valence-corrected chi connectivity index (χ0v) is 13.0. The smallest absolute Gasteiger partial charge is 0.270 e. The Hall–Kier alpha value is -3.28. The number of carbonyl (C=O) groups is 1. The van der Waals surface area contributed by atoms with Crippen LogP contribution in [0.5, 0.6) is 0 Å². The first-order valence-corrected chi connectivity index (χ1v) is 7.58. The number of anilines is 1. The molecule has 0 aliphatic rings. The number of rotatable bonds is 6. The first-order chi connectivity index (χ1) is 11.8. The van der Waals surface area contributed by atoms with Crippen LogP contribution in [-0.2, 0) is 13.1 Å². The van der Waals surface area contributed by atoms with Crippen LogP contribution in [-0.4, -0.2) is 20.9 Å². The first-order valence-electron chi connectivity index (χ1n) is 7.58. The maximum absolute atomic E-state index is 12.2. The molecule has 0 radical (unpaired) electrons. The zero-order chi connectivity index (χ0) is 16.6. The Morgan fingerprint density at radius 3 is 2.25 bits per heavy atom. The van der Waals surface area contributed by atoms with Gasteiger partial charge in [-0.1, -0.05) is 18.2 Å². The van der Waals surface area contributed by atoms with E-state index in [0.717, 1.165) is 11.1 Å². The minimum Gasteiger partial charge on any atom is -0.366 e. The zero-order valence-electron chi connectivity index (χ0n) is 13.0. The van der Waals surface area contributed by atoms with E-state index in [1.165, 1.54) is 0 Å². The van der Waals surface area contributed by atoms with Crippen molar-refractivity contribution in [2.45, 2.75) is 13.1 Å². The summed E-state index contributed by atoms with van der Waals surface area (Å²) in [4.78, 5) is 24.6. The van der Waals surface area contributed by atoms with Crippen LogP contribution in [0.2, 0.25) is 0 Å². The largest absolute Gasteiger partial charge is 0.366 e. The second-order valence-corrected chi connectivity index (χ2v) is 5.17. The summed E-state index contributed by atoms with van der Waals surface area (Å²) in [6.45, 7) is 1.02. The van der Waals surface area contributed by atoms with E-state index in [4.69, 9.17) is 0 Å². The van der Waals surface area contributed by atoms with Crippen molar-refractivity contribution in [3.05, 3.63) is 84.1 Å². The second kappa shape index (κ2) is 7.82. The molecule has 0 aliphatic carbocycles. The lowest BCUT2D eigenvalue weighted by Crippen LogP contribution is -2.24. The van der Waals surface area contributed by atoms with Gasteiger partial charge in [-0.15, -0.1) is 0 Å². The summed E-state index contributed by atoms with van der Waals surface area (Å²) in [5.41, 5.74) is 2.36. The fourth-order valence-electron chi connectivity index (χ4n) is 2.13. The molecule has 2 N–H and O–H groups in total. The third-order valence-electron chi connectivity index (χ3n) is 3.35. The highest BCUT2D eigenvalue weighted by Gasteiger charge is 2.07. The molecule has 0 saturated heterocycles. The molecule has 0 aromatic carbocycles. The lowest BCUT2D eigenvalue weighted by atomic mass is 10.2. The van der Waals surface area contributed by atoms with Gasteiger partial charge in [0.1, 0.15) is 11.5 Å². The molecule has 0 unspecified atom stereocenters. The van der Waals surface area contributed by atoms with Gasteiger partial charge >= 0.3 is 0 Å². The maximum Gasteiger partial charge on any atom is 0.270 e. The highest BCUT2D eigenvalue weighted by Crippen LogP contribution is 2.07. The van der Waals surface area contributed by atoms with Gasteiger partial charge in [0.05, 0.1) is 0 Å². The Bertz CT molecular complexity index is 793. The Kier molecular flexibility index (Phi) is 5.09. The quantitative estimate of drug-likeness (QED) is 0.729. The fourth-order valence-corrected chi connectivity index (χ4v) is 2.13. The normalized spacial score (nSPS) is 10.2. The minimum atomic E-state index is -0.219. The van der Waals surface area contributed by atoms with Crippen molar-refractivity contribution in [3.8, 4) is 0 Å². The fraction of sp³-hybridized carbons (Fsp3) is 0.111. The predicted molar refractivity (Wildman–Crippen MR) is 91.2 cm³/mol. The Morgan fingerprint density at radius 2 is 1.58 bits per heavy atom. The monoisotopic (exact) mass is 319 g/mol. The van der Waals surface area contributed by atoms with Crippen molar-refractivity contribution < 1.29 is 4.79 Å². The lowest BCUT2D eigenvalue weighted by Gasteiger charge is -2.08. The number of amides is 1. The van der Waals surface area contributed by atoms with Crippen LogP contribution < -0.4 is 10.6 Å². The van der Waals surface area contributed by atoms with Crippen LogP contribution >= 0.6 is 0 Å². The maximum atomic E-state index is 12.2. The van der Waals surface area contributed by atoms with Crippen molar-refractivity contribution in [2.24, 2.45) is 0 Å². The Morgan fingerprint density at radius 1 is 0.875 bits per heavy atom. The van der Waals surface area contributed by atoms with E-state index in [9.17, 15) is 4.79 Å². The Balaban J connectivity index is 1.59. The molecule has 0 aliphatic heterocycles. The van der Waals surface area contributed by atoms with Crippen molar-refractivity contribution in [1.82, 2.24) is 20.3 Å². The number of hydrogen-bond acceptors (Lipinski definition) is 5. The van der Waals surface area contributed by atoms with Crippen LogP contribution in [0.4, 0.5) is 5.82 Å². The Labute approximate surface area is 140 Å². The number of aromatic nitrogens is 3. The number of nitrogens with zero attached hydrogens (tertiary/aromatic N) is 3. The average molecular weight is 319 g/mol. The summed E-state index contributed by atoms with van der Waals surface area (Å²) in [5.74, 6) is 0.428. The second-order valence-electron chi connectivity index (χ2n) is 5.17. The molecule has 0 atom stereocenters. The van der Waals surface area contributed by atoms with Gasteiger partial charge in [-0.25, -0.2) is 4.98 Å². The topological polar surface area (TPSA) is 79.8 Å². The van der Waals surface area contributed by atoms with Crippen molar-refractivity contribution in [3.63, 3.8) is 0 Å². The number of carbonyl (C=O) groups excluding carboxylic acids is 1. The number of pyridine rings is 3. The van der Waals surface area contributed by atoms with E-state index in [1.54, 1.807) is 36.9 Å². The third kappa shape index (κ3) is 4.36. The van der Waals surface area contributed by atoms with E-state index >= 15 is 0 Å². The molecule has 6 heteroatoms. The molecule has 0 saturated carbocycles. The van der Waals surface area contributed by atoms with E-state index in [2.05, 4.69) is 25.6 Å². The molecular formula is C18H17N5O. The van der Waals surface area contributed by atoms with Gasteiger partial charge in [0, 0.05) is 37.9 Å². The third-order valence-corrected chi connectivity index (χ3v) is 3.35. The van der Waals surface area contributed by atoms with E-state index < -0.39 is 0 Å². The van der Waals surface area contributed by atoms with Crippen molar-refractivity contribution in [1.29, 1.82) is 0 Å². The van der Waals surface area contributed by atoms with Crippen molar-refractivity contribution in [2.75, 3.05) is 5.32 Å². The highest BCUT2D eigenvalue weighted by atomic mass is 16.1. The molecule has 3 rings (SSSR count). The summed E-state index contributed by atoms with van der Waals surface area (Å²) >= 11 is 0. The minimum absolute atomic E-state index is 0.219. The summed E-state index contributed by atoms with van der Waals surface area (Å²) in [5, 5.41) is 6.03. The molecule has 0 fully saturated rings. The molecule has 1 amide bonds. The van der Waals surface area contributed by atoms with Crippen LogP contribution in [0.1, 0.15) is 21.6 Å². The lowest BCUT2D eigenvalue weighted by molar-refractivity contribution is 0.0946. The first kappa shape index (κ1) is 15.6. The van der Waals surface area contributed by atoms with Crippen LogP contribution in [0.25, 0.3) is 0 Å².